The first-order valence-corrected chi connectivity index (χ1v) is 8.92. The van der Waals surface area contributed by atoms with Gasteiger partial charge in [-0.3, -0.25) is 0 Å². The molecule has 27 heavy (non-hydrogen) atoms. The normalized spacial score (nSPS) is 11.9. The largest absolute Gasteiger partial charge is 0.423 e. The Morgan fingerprint density at radius 2 is 1.74 bits per heavy atom. The van der Waals surface area contributed by atoms with Gasteiger partial charge in [-0.2, -0.15) is 5.26 Å². The number of nitrogens with one attached hydrogen (secondary N) is 1. The molecule has 4 rings (SSSR count). The average molecular weight is 353 g/mol. The molecule has 0 unspecified atom stereocenters. The second-order valence-corrected chi connectivity index (χ2v) is 6.49. The standard InChI is InChI=1S/C23H19N3O/c1-16(17-8-3-2-4-9-17)25-23-21(15-24)26-22(27-23)14-19-12-7-11-18-10-5-6-13-20(18)19/h2-13,16,25H,14H2,1H3/t16-/m0/s1. The van der Waals surface area contributed by atoms with Crippen molar-refractivity contribution in [2.24, 2.45) is 0 Å². The molecule has 1 aromatic heterocycles. The summed E-state index contributed by atoms with van der Waals surface area (Å²) in [5.41, 5.74) is 2.53. The van der Waals surface area contributed by atoms with Crippen LogP contribution in [0.15, 0.2) is 77.2 Å². The molecule has 0 saturated carbocycles. The van der Waals surface area contributed by atoms with Crippen LogP contribution in [-0.4, -0.2) is 4.98 Å². The number of aromatic nitrogens is 1. The molecule has 0 aliphatic heterocycles. The highest BCUT2D eigenvalue weighted by Gasteiger charge is 2.16. The van der Waals surface area contributed by atoms with Crippen molar-refractivity contribution in [2.75, 3.05) is 5.32 Å². The third kappa shape index (κ3) is 3.54. The fourth-order valence-corrected chi connectivity index (χ4v) is 3.24. The first kappa shape index (κ1) is 16.9. The van der Waals surface area contributed by atoms with Gasteiger partial charge >= 0.3 is 0 Å². The summed E-state index contributed by atoms with van der Waals surface area (Å²) >= 11 is 0. The number of oxazole rings is 1. The highest BCUT2D eigenvalue weighted by Crippen LogP contribution is 2.26. The second kappa shape index (κ2) is 7.35. The molecule has 3 aromatic carbocycles. The molecule has 132 valence electrons. The van der Waals surface area contributed by atoms with Gasteiger partial charge in [0.1, 0.15) is 6.07 Å². The van der Waals surface area contributed by atoms with Gasteiger partial charge in [0.2, 0.25) is 17.5 Å². The van der Waals surface area contributed by atoms with Crippen LogP contribution in [0.3, 0.4) is 0 Å². The van der Waals surface area contributed by atoms with Gasteiger partial charge < -0.3 is 9.73 Å². The first-order valence-electron chi connectivity index (χ1n) is 8.92. The van der Waals surface area contributed by atoms with Gasteiger partial charge in [0, 0.05) is 0 Å². The van der Waals surface area contributed by atoms with Crippen molar-refractivity contribution in [3.63, 3.8) is 0 Å². The first-order chi connectivity index (χ1) is 13.2. The van der Waals surface area contributed by atoms with Crippen molar-refractivity contribution in [3.05, 3.63) is 95.5 Å². The zero-order valence-electron chi connectivity index (χ0n) is 15.0. The molecule has 0 aliphatic rings. The Hall–Kier alpha value is -3.58. The minimum atomic E-state index is 0.0108. The number of anilines is 1. The maximum absolute atomic E-state index is 9.44. The summed E-state index contributed by atoms with van der Waals surface area (Å²) in [5, 5.41) is 15.1. The molecule has 0 bridgehead atoms. The molecule has 4 heteroatoms. The zero-order valence-corrected chi connectivity index (χ0v) is 15.0. The Labute approximate surface area is 158 Å². The topological polar surface area (TPSA) is 61.9 Å². The van der Waals surface area contributed by atoms with E-state index in [-0.39, 0.29) is 11.7 Å². The van der Waals surface area contributed by atoms with E-state index in [1.165, 1.54) is 10.8 Å². The highest BCUT2D eigenvalue weighted by atomic mass is 16.4. The van der Waals surface area contributed by atoms with Crippen LogP contribution < -0.4 is 5.32 Å². The zero-order chi connectivity index (χ0) is 18.6. The van der Waals surface area contributed by atoms with Crippen LogP contribution in [0.25, 0.3) is 10.8 Å². The van der Waals surface area contributed by atoms with Crippen molar-refractivity contribution >= 4 is 16.7 Å². The number of rotatable bonds is 5. The monoisotopic (exact) mass is 353 g/mol. The fraction of sp³-hybridized carbons (Fsp3) is 0.130. The van der Waals surface area contributed by atoms with E-state index in [0.29, 0.717) is 18.2 Å². The number of hydrogen-bond donors (Lipinski definition) is 1. The number of fused-ring (bicyclic) bond motifs is 1. The molecule has 0 radical (unpaired) electrons. The van der Waals surface area contributed by atoms with Gasteiger partial charge in [0.05, 0.1) is 12.5 Å². The van der Waals surface area contributed by atoms with Gasteiger partial charge in [0.25, 0.3) is 0 Å². The van der Waals surface area contributed by atoms with E-state index in [1.807, 2.05) is 55.5 Å². The summed E-state index contributed by atoms with van der Waals surface area (Å²) in [4.78, 5) is 4.39. The Kier molecular flexibility index (Phi) is 4.59. The Morgan fingerprint density at radius 1 is 1.00 bits per heavy atom. The smallest absolute Gasteiger partial charge is 0.232 e. The molecule has 0 saturated heterocycles. The summed E-state index contributed by atoms with van der Waals surface area (Å²) in [6.07, 6.45) is 0.539. The minimum absolute atomic E-state index is 0.0108. The van der Waals surface area contributed by atoms with Crippen LogP contribution in [0.2, 0.25) is 0 Å². The van der Waals surface area contributed by atoms with E-state index < -0.39 is 0 Å². The van der Waals surface area contributed by atoms with E-state index >= 15 is 0 Å². The van der Waals surface area contributed by atoms with Crippen LogP contribution in [0.4, 0.5) is 5.88 Å². The lowest BCUT2D eigenvalue weighted by Crippen LogP contribution is -2.06. The third-order valence-corrected chi connectivity index (χ3v) is 4.65. The molecule has 0 amide bonds. The van der Waals surface area contributed by atoms with E-state index in [4.69, 9.17) is 4.42 Å². The molecule has 0 fully saturated rings. The predicted octanol–water partition coefficient (Wildman–Crippen LogP) is 5.46. The summed E-state index contributed by atoms with van der Waals surface area (Å²) in [6, 6.07) is 26.6. The molecular weight excluding hydrogens is 334 g/mol. The molecule has 4 aromatic rings. The molecule has 4 nitrogen and oxygen atoms in total. The second-order valence-electron chi connectivity index (χ2n) is 6.49. The van der Waals surface area contributed by atoms with Gasteiger partial charge in [-0.1, -0.05) is 72.8 Å². The van der Waals surface area contributed by atoms with Crippen molar-refractivity contribution in [2.45, 2.75) is 19.4 Å². The number of nitrogens with zero attached hydrogens (tertiary/aromatic N) is 2. The van der Waals surface area contributed by atoms with Crippen molar-refractivity contribution < 1.29 is 4.42 Å². The number of hydrogen-bond acceptors (Lipinski definition) is 4. The molecule has 1 atom stereocenters. The van der Waals surface area contributed by atoms with Crippen molar-refractivity contribution in [1.82, 2.24) is 4.98 Å². The summed E-state index contributed by atoms with van der Waals surface area (Å²) in [6.45, 7) is 2.03. The summed E-state index contributed by atoms with van der Waals surface area (Å²) in [5.74, 6) is 0.953. The Morgan fingerprint density at radius 3 is 2.56 bits per heavy atom. The lowest BCUT2D eigenvalue weighted by molar-refractivity contribution is 0.514. The van der Waals surface area contributed by atoms with Gasteiger partial charge in [0.15, 0.2) is 0 Å². The summed E-state index contributed by atoms with van der Waals surface area (Å²) < 4.78 is 5.91. The summed E-state index contributed by atoms with van der Waals surface area (Å²) in [7, 11) is 0. The van der Waals surface area contributed by atoms with Gasteiger partial charge in [-0.05, 0) is 28.8 Å². The molecular formula is C23H19N3O. The Bertz CT molecular complexity index is 1100. The van der Waals surface area contributed by atoms with Crippen LogP contribution in [-0.2, 0) is 6.42 Å². The van der Waals surface area contributed by atoms with E-state index in [9.17, 15) is 5.26 Å². The molecule has 1 heterocycles. The van der Waals surface area contributed by atoms with E-state index in [1.54, 1.807) is 0 Å². The van der Waals surface area contributed by atoms with Crippen LogP contribution in [0.5, 0.6) is 0 Å². The van der Waals surface area contributed by atoms with Gasteiger partial charge in [-0.15, -0.1) is 0 Å². The SMILES string of the molecule is C[C@H](Nc1oc(Cc2cccc3ccccc23)nc1C#N)c1ccccc1. The minimum Gasteiger partial charge on any atom is -0.423 e. The molecule has 0 spiro atoms. The molecule has 0 aliphatic carbocycles. The lowest BCUT2D eigenvalue weighted by atomic mass is 10.0. The van der Waals surface area contributed by atoms with Crippen molar-refractivity contribution in [3.8, 4) is 6.07 Å². The fourth-order valence-electron chi connectivity index (χ4n) is 3.24. The van der Waals surface area contributed by atoms with Crippen LogP contribution >= 0.6 is 0 Å². The average Bonchev–Trinajstić information content (AvgIpc) is 3.10. The van der Waals surface area contributed by atoms with Gasteiger partial charge in [-0.25, -0.2) is 4.98 Å². The molecule has 1 N–H and O–H groups in total. The lowest BCUT2D eigenvalue weighted by Gasteiger charge is -2.13. The highest BCUT2D eigenvalue weighted by molar-refractivity contribution is 5.85. The third-order valence-electron chi connectivity index (χ3n) is 4.65. The Balaban J connectivity index is 1.61. The van der Waals surface area contributed by atoms with Crippen molar-refractivity contribution in [1.29, 1.82) is 5.26 Å². The predicted molar refractivity (Wildman–Crippen MR) is 106 cm³/mol. The van der Waals surface area contributed by atoms with E-state index in [2.05, 4.69) is 40.6 Å². The van der Waals surface area contributed by atoms with Crippen LogP contribution in [0, 0.1) is 11.3 Å². The number of nitriles is 1. The maximum atomic E-state index is 9.44. The van der Waals surface area contributed by atoms with Crippen LogP contribution in [0.1, 0.15) is 35.7 Å². The number of benzene rings is 3. The van der Waals surface area contributed by atoms with E-state index in [0.717, 1.165) is 11.1 Å². The maximum Gasteiger partial charge on any atom is 0.232 e. The quantitative estimate of drug-likeness (QED) is 0.517.